The molecular weight excluding hydrogens is 469 g/mol. The molecule has 0 spiro atoms. The third-order valence-corrected chi connectivity index (χ3v) is 5.68. The number of anilines is 2. The average molecular weight is 493 g/mol. The van der Waals surface area contributed by atoms with E-state index in [4.69, 9.17) is 4.74 Å². The normalized spacial score (nSPS) is 10.4. The average Bonchev–Trinajstić information content (AvgIpc) is 3.06. The van der Waals surface area contributed by atoms with E-state index in [1.807, 2.05) is 0 Å². The minimum Gasteiger partial charge on any atom is -0.452 e. The molecule has 11 heteroatoms. The molecule has 0 radical (unpaired) electrons. The first-order chi connectivity index (χ1) is 17.0. The maximum atomic E-state index is 13.3. The standard InChI is InChI=1S/C25H24FN5O5/c1-15-16(2)30(13-17-5-8-19(26)9-6-17)24(20(15)12-27)28-23(32)14-36-25(33)18-7-10-21(29(3)4)22(11-18)31(34)35/h5-11H,13-14H2,1-4H3,(H,28,32). The van der Waals surface area contributed by atoms with Crippen LogP contribution in [0.5, 0.6) is 0 Å². The van der Waals surface area contributed by atoms with Crippen molar-refractivity contribution in [3.63, 3.8) is 0 Å². The highest BCUT2D eigenvalue weighted by atomic mass is 19.1. The Morgan fingerprint density at radius 3 is 2.44 bits per heavy atom. The number of nitro benzene ring substituents is 1. The van der Waals surface area contributed by atoms with Crippen molar-refractivity contribution in [2.75, 3.05) is 30.9 Å². The van der Waals surface area contributed by atoms with E-state index in [1.54, 1.807) is 49.5 Å². The summed E-state index contributed by atoms with van der Waals surface area (Å²) in [6.07, 6.45) is 0. The summed E-state index contributed by atoms with van der Waals surface area (Å²) in [6.45, 7) is 3.13. The maximum absolute atomic E-state index is 13.3. The zero-order chi connectivity index (χ0) is 26.6. The van der Waals surface area contributed by atoms with Gasteiger partial charge in [0.1, 0.15) is 23.4 Å². The van der Waals surface area contributed by atoms with Crippen molar-refractivity contribution < 1.29 is 23.6 Å². The molecule has 1 amide bonds. The number of esters is 1. The Bertz CT molecular complexity index is 1370. The molecule has 186 valence electrons. The van der Waals surface area contributed by atoms with Crippen LogP contribution < -0.4 is 10.2 Å². The lowest BCUT2D eigenvalue weighted by atomic mass is 10.1. The van der Waals surface area contributed by atoms with Crippen molar-refractivity contribution in [3.8, 4) is 6.07 Å². The molecule has 3 aromatic rings. The van der Waals surface area contributed by atoms with Crippen LogP contribution in [0, 0.1) is 41.1 Å². The Morgan fingerprint density at radius 2 is 1.86 bits per heavy atom. The predicted octanol–water partition coefficient (Wildman–Crippen LogP) is 3.93. The molecule has 0 saturated carbocycles. The second kappa shape index (κ2) is 10.7. The van der Waals surface area contributed by atoms with Crippen molar-refractivity contribution in [3.05, 3.63) is 86.3 Å². The van der Waals surface area contributed by atoms with Crippen LogP contribution in [-0.2, 0) is 16.1 Å². The highest BCUT2D eigenvalue weighted by Gasteiger charge is 2.22. The van der Waals surface area contributed by atoms with Gasteiger partial charge in [0, 0.05) is 32.4 Å². The van der Waals surface area contributed by atoms with Crippen molar-refractivity contribution in [1.29, 1.82) is 5.26 Å². The second-order valence-corrected chi connectivity index (χ2v) is 8.24. The molecule has 0 atom stereocenters. The molecule has 36 heavy (non-hydrogen) atoms. The van der Waals surface area contributed by atoms with Gasteiger partial charge >= 0.3 is 5.97 Å². The van der Waals surface area contributed by atoms with Gasteiger partial charge in [-0.2, -0.15) is 5.26 Å². The van der Waals surface area contributed by atoms with Gasteiger partial charge in [-0.05, 0) is 49.2 Å². The molecule has 1 aromatic heterocycles. The van der Waals surface area contributed by atoms with Gasteiger partial charge in [0.25, 0.3) is 11.6 Å². The van der Waals surface area contributed by atoms with Crippen LogP contribution >= 0.6 is 0 Å². The summed E-state index contributed by atoms with van der Waals surface area (Å²) in [5.41, 5.74) is 2.36. The van der Waals surface area contributed by atoms with E-state index in [9.17, 15) is 29.4 Å². The lowest BCUT2D eigenvalue weighted by Crippen LogP contribution is -2.23. The number of aromatic nitrogens is 1. The molecule has 2 aromatic carbocycles. The highest BCUT2D eigenvalue weighted by Crippen LogP contribution is 2.29. The van der Waals surface area contributed by atoms with Gasteiger partial charge in [0.15, 0.2) is 6.61 Å². The Labute approximate surface area is 206 Å². The third-order valence-electron chi connectivity index (χ3n) is 5.68. The minimum absolute atomic E-state index is 0.0795. The number of carbonyl (C=O) groups excluding carboxylic acids is 2. The van der Waals surface area contributed by atoms with Gasteiger partial charge in [0.05, 0.1) is 16.1 Å². The van der Waals surface area contributed by atoms with E-state index in [-0.39, 0.29) is 35.0 Å². The number of carbonyl (C=O) groups is 2. The molecule has 0 unspecified atom stereocenters. The van der Waals surface area contributed by atoms with Crippen molar-refractivity contribution in [1.82, 2.24) is 4.57 Å². The summed E-state index contributed by atoms with van der Waals surface area (Å²) >= 11 is 0. The molecule has 0 aliphatic carbocycles. The zero-order valence-corrected chi connectivity index (χ0v) is 20.2. The quantitative estimate of drug-likeness (QED) is 0.286. The summed E-state index contributed by atoms with van der Waals surface area (Å²) in [5.74, 6) is -1.76. The second-order valence-electron chi connectivity index (χ2n) is 8.24. The van der Waals surface area contributed by atoms with Crippen LogP contribution in [0.4, 0.5) is 21.6 Å². The zero-order valence-electron chi connectivity index (χ0n) is 20.2. The highest BCUT2D eigenvalue weighted by molar-refractivity contribution is 5.96. The van der Waals surface area contributed by atoms with Gasteiger partial charge in [-0.3, -0.25) is 14.9 Å². The summed E-state index contributed by atoms with van der Waals surface area (Å²) in [7, 11) is 3.27. The van der Waals surface area contributed by atoms with Gasteiger partial charge in [-0.15, -0.1) is 0 Å². The molecule has 0 aliphatic heterocycles. The van der Waals surface area contributed by atoms with Crippen LogP contribution in [0.3, 0.4) is 0 Å². The number of amides is 1. The van der Waals surface area contributed by atoms with Crippen molar-refractivity contribution >= 4 is 29.1 Å². The van der Waals surface area contributed by atoms with Gasteiger partial charge in [-0.25, -0.2) is 9.18 Å². The first-order valence-electron chi connectivity index (χ1n) is 10.8. The van der Waals surface area contributed by atoms with E-state index in [1.165, 1.54) is 24.3 Å². The SMILES string of the molecule is Cc1c(C#N)c(NC(=O)COC(=O)c2ccc(N(C)C)c([N+](=O)[O-])c2)n(Cc2ccc(F)cc2)c1C. The summed E-state index contributed by atoms with van der Waals surface area (Å²) in [6, 6.07) is 11.8. The van der Waals surface area contributed by atoms with E-state index in [0.29, 0.717) is 11.3 Å². The van der Waals surface area contributed by atoms with Gasteiger partial charge < -0.3 is 19.5 Å². The van der Waals surface area contributed by atoms with Gasteiger partial charge in [-0.1, -0.05) is 12.1 Å². The molecular formula is C25H24FN5O5. The molecule has 0 bridgehead atoms. The molecule has 0 aliphatic rings. The van der Waals surface area contributed by atoms with Crippen LogP contribution in [0.25, 0.3) is 0 Å². The number of benzene rings is 2. The third kappa shape index (κ3) is 5.50. The van der Waals surface area contributed by atoms with Crippen LogP contribution in [0.1, 0.15) is 32.7 Å². The smallest absolute Gasteiger partial charge is 0.338 e. The molecule has 1 N–H and O–H groups in total. The molecule has 0 saturated heterocycles. The molecule has 1 heterocycles. The number of nitrogens with zero attached hydrogens (tertiary/aromatic N) is 4. The Hall–Kier alpha value is -4.72. The first kappa shape index (κ1) is 25.9. The predicted molar refractivity (Wildman–Crippen MR) is 130 cm³/mol. The van der Waals surface area contributed by atoms with Crippen molar-refractivity contribution in [2.45, 2.75) is 20.4 Å². The maximum Gasteiger partial charge on any atom is 0.338 e. The summed E-state index contributed by atoms with van der Waals surface area (Å²) in [4.78, 5) is 37.4. The molecule has 10 nitrogen and oxygen atoms in total. The van der Waals surface area contributed by atoms with E-state index < -0.39 is 23.4 Å². The Balaban J connectivity index is 1.77. The monoisotopic (exact) mass is 493 g/mol. The van der Waals surface area contributed by atoms with Crippen molar-refractivity contribution in [2.24, 2.45) is 0 Å². The fraction of sp³-hybridized carbons (Fsp3) is 0.240. The number of ether oxygens (including phenoxy) is 1. The minimum atomic E-state index is -0.909. The van der Waals surface area contributed by atoms with Crippen LogP contribution in [0.15, 0.2) is 42.5 Å². The van der Waals surface area contributed by atoms with Gasteiger partial charge in [0.2, 0.25) is 0 Å². The lowest BCUT2D eigenvalue weighted by molar-refractivity contribution is -0.384. The number of halogens is 1. The number of hydrogen-bond acceptors (Lipinski definition) is 7. The Kier molecular flexibility index (Phi) is 7.69. The lowest BCUT2D eigenvalue weighted by Gasteiger charge is -2.14. The topological polar surface area (TPSA) is 130 Å². The fourth-order valence-corrected chi connectivity index (χ4v) is 3.66. The number of nitriles is 1. The van der Waals surface area contributed by atoms with E-state index >= 15 is 0 Å². The number of nitro groups is 1. The summed E-state index contributed by atoms with van der Waals surface area (Å²) in [5, 5.41) is 23.6. The van der Waals surface area contributed by atoms with E-state index in [0.717, 1.165) is 17.3 Å². The fourth-order valence-electron chi connectivity index (χ4n) is 3.66. The largest absolute Gasteiger partial charge is 0.452 e. The number of hydrogen-bond donors (Lipinski definition) is 1. The molecule has 3 rings (SSSR count). The van der Waals surface area contributed by atoms with E-state index in [2.05, 4.69) is 11.4 Å². The molecule has 0 fully saturated rings. The summed E-state index contributed by atoms with van der Waals surface area (Å²) < 4.78 is 20.1. The number of nitrogens with one attached hydrogen (secondary N) is 1. The number of rotatable bonds is 8. The van der Waals surface area contributed by atoms with Crippen LogP contribution in [-0.4, -0.2) is 42.1 Å². The Morgan fingerprint density at radius 1 is 1.19 bits per heavy atom. The first-order valence-corrected chi connectivity index (χ1v) is 10.8. The van der Waals surface area contributed by atoms with Crippen LogP contribution in [0.2, 0.25) is 0 Å².